The summed E-state index contributed by atoms with van der Waals surface area (Å²) in [6.07, 6.45) is 2.89. The van der Waals surface area contributed by atoms with Gasteiger partial charge in [-0.05, 0) is 37.4 Å². The van der Waals surface area contributed by atoms with Crippen molar-refractivity contribution in [3.8, 4) is 11.8 Å². The molecule has 1 fully saturated rings. The molecule has 0 saturated carbocycles. The average molecular weight is 319 g/mol. The minimum atomic E-state index is 0.214. The Balaban J connectivity index is 0.00000112. The second-order valence-corrected chi connectivity index (χ2v) is 5.73. The van der Waals surface area contributed by atoms with E-state index in [4.69, 9.17) is 10.00 Å². The highest BCUT2D eigenvalue weighted by Gasteiger charge is 2.29. The SMILES string of the molecule is CC.CC.COc1ccccc1CN1CCC(C)(CC#N)CC1. The van der Waals surface area contributed by atoms with Gasteiger partial charge in [-0.25, -0.2) is 0 Å². The number of nitrogens with zero attached hydrogens (tertiary/aromatic N) is 2. The second kappa shape index (κ2) is 12.0. The van der Waals surface area contributed by atoms with Crippen LogP contribution in [0.5, 0.6) is 5.75 Å². The summed E-state index contributed by atoms with van der Waals surface area (Å²) in [6, 6.07) is 10.5. The summed E-state index contributed by atoms with van der Waals surface area (Å²) >= 11 is 0. The topological polar surface area (TPSA) is 36.3 Å². The number of benzene rings is 1. The van der Waals surface area contributed by atoms with Crippen molar-refractivity contribution >= 4 is 0 Å². The van der Waals surface area contributed by atoms with Gasteiger partial charge in [-0.3, -0.25) is 4.90 Å². The van der Waals surface area contributed by atoms with E-state index >= 15 is 0 Å². The molecule has 1 aromatic carbocycles. The number of hydrogen-bond acceptors (Lipinski definition) is 3. The predicted molar refractivity (Wildman–Crippen MR) is 98.5 cm³/mol. The van der Waals surface area contributed by atoms with Crippen LogP contribution in [0, 0.1) is 16.7 Å². The maximum Gasteiger partial charge on any atom is 0.123 e. The standard InChI is InChI=1S/C16H22N2O.2C2H6/c1-16(7-10-17)8-11-18(12-9-16)13-14-5-3-4-6-15(14)19-2;2*1-2/h3-6H,7-9,11-13H2,1-2H3;2*1-2H3. The number of rotatable bonds is 4. The number of nitriles is 1. The first-order valence-electron chi connectivity index (χ1n) is 8.88. The third kappa shape index (κ3) is 7.05. The molecule has 1 heterocycles. The first kappa shape index (κ1) is 21.5. The van der Waals surface area contributed by atoms with Crippen molar-refractivity contribution in [3.05, 3.63) is 29.8 Å². The van der Waals surface area contributed by atoms with Gasteiger partial charge in [0.1, 0.15) is 5.75 Å². The molecule has 3 nitrogen and oxygen atoms in total. The molecule has 1 aliphatic heterocycles. The molecule has 0 aliphatic carbocycles. The molecule has 0 bridgehead atoms. The zero-order valence-corrected chi connectivity index (χ0v) is 15.9. The van der Waals surface area contributed by atoms with E-state index in [1.165, 1.54) is 5.56 Å². The van der Waals surface area contributed by atoms with Crippen LogP contribution >= 0.6 is 0 Å². The summed E-state index contributed by atoms with van der Waals surface area (Å²) in [7, 11) is 1.72. The summed E-state index contributed by atoms with van der Waals surface area (Å²) in [5.74, 6) is 0.966. The largest absolute Gasteiger partial charge is 0.496 e. The molecular formula is C20H34N2O. The molecule has 2 rings (SSSR count). The van der Waals surface area contributed by atoms with Gasteiger partial charge in [-0.2, -0.15) is 5.26 Å². The minimum Gasteiger partial charge on any atom is -0.496 e. The van der Waals surface area contributed by atoms with Gasteiger partial charge in [0.2, 0.25) is 0 Å². The number of para-hydroxylation sites is 1. The Kier molecular flexibility index (Phi) is 11.2. The molecule has 1 aliphatic rings. The van der Waals surface area contributed by atoms with E-state index in [-0.39, 0.29) is 5.41 Å². The fraction of sp³-hybridized carbons (Fsp3) is 0.650. The maximum atomic E-state index is 8.87. The zero-order valence-electron chi connectivity index (χ0n) is 15.9. The van der Waals surface area contributed by atoms with Crippen molar-refractivity contribution in [2.75, 3.05) is 20.2 Å². The summed E-state index contributed by atoms with van der Waals surface area (Å²) in [5.41, 5.74) is 1.46. The molecule has 3 heteroatoms. The van der Waals surface area contributed by atoms with Crippen molar-refractivity contribution in [2.45, 2.75) is 60.4 Å². The van der Waals surface area contributed by atoms with Crippen LogP contribution in [0.4, 0.5) is 0 Å². The Bertz CT molecular complexity index is 457. The van der Waals surface area contributed by atoms with Gasteiger partial charge >= 0.3 is 0 Å². The highest BCUT2D eigenvalue weighted by atomic mass is 16.5. The lowest BCUT2D eigenvalue weighted by molar-refractivity contribution is 0.115. The Labute approximate surface area is 143 Å². The number of piperidine rings is 1. The van der Waals surface area contributed by atoms with E-state index < -0.39 is 0 Å². The fourth-order valence-corrected chi connectivity index (χ4v) is 2.69. The first-order valence-corrected chi connectivity index (χ1v) is 8.88. The third-order valence-electron chi connectivity index (χ3n) is 4.16. The second-order valence-electron chi connectivity index (χ2n) is 5.73. The van der Waals surface area contributed by atoms with Crippen LogP contribution in [-0.4, -0.2) is 25.1 Å². The number of ether oxygens (including phenoxy) is 1. The van der Waals surface area contributed by atoms with Crippen LogP contribution in [0.25, 0.3) is 0 Å². The van der Waals surface area contributed by atoms with Crippen LogP contribution in [-0.2, 0) is 6.54 Å². The summed E-state index contributed by atoms with van der Waals surface area (Å²) in [5, 5.41) is 8.87. The normalized spacial score (nSPS) is 16.0. The van der Waals surface area contributed by atoms with Crippen molar-refractivity contribution in [1.29, 1.82) is 5.26 Å². The average Bonchev–Trinajstić information content (AvgIpc) is 2.61. The number of methoxy groups -OCH3 is 1. The van der Waals surface area contributed by atoms with Crippen molar-refractivity contribution in [3.63, 3.8) is 0 Å². The van der Waals surface area contributed by atoms with Gasteiger partial charge in [0.15, 0.2) is 0 Å². The summed E-state index contributed by atoms with van der Waals surface area (Å²) in [6.45, 7) is 13.3. The highest BCUT2D eigenvalue weighted by Crippen LogP contribution is 2.34. The molecule has 1 saturated heterocycles. The quantitative estimate of drug-likeness (QED) is 0.759. The van der Waals surface area contributed by atoms with Crippen LogP contribution < -0.4 is 4.74 Å². The summed E-state index contributed by atoms with van der Waals surface area (Å²) < 4.78 is 5.40. The highest BCUT2D eigenvalue weighted by molar-refractivity contribution is 5.33. The molecule has 0 spiro atoms. The monoisotopic (exact) mass is 318 g/mol. The molecular weight excluding hydrogens is 284 g/mol. The van der Waals surface area contributed by atoms with Crippen molar-refractivity contribution in [1.82, 2.24) is 4.90 Å². The lowest BCUT2D eigenvalue weighted by Gasteiger charge is -2.38. The van der Waals surface area contributed by atoms with E-state index in [0.717, 1.165) is 38.2 Å². The van der Waals surface area contributed by atoms with E-state index in [9.17, 15) is 0 Å². The third-order valence-corrected chi connectivity index (χ3v) is 4.16. The smallest absolute Gasteiger partial charge is 0.123 e. The van der Waals surface area contributed by atoms with Crippen LogP contribution in [0.3, 0.4) is 0 Å². The molecule has 1 aromatic rings. The Morgan fingerprint density at radius 3 is 2.22 bits per heavy atom. The van der Waals surface area contributed by atoms with E-state index in [2.05, 4.69) is 30.0 Å². The van der Waals surface area contributed by atoms with Gasteiger partial charge in [0.25, 0.3) is 0 Å². The predicted octanol–water partition coefficient (Wildman–Crippen LogP) is 5.26. The number of likely N-dealkylation sites (tertiary alicyclic amines) is 1. The summed E-state index contributed by atoms with van der Waals surface area (Å²) in [4.78, 5) is 2.46. The van der Waals surface area contributed by atoms with E-state index in [1.807, 2.05) is 39.8 Å². The molecule has 130 valence electrons. The van der Waals surface area contributed by atoms with Gasteiger partial charge < -0.3 is 4.74 Å². The minimum absolute atomic E-state index is 0.214. The van der Waals surface area contributed by atoms with E-state index in [1.54, 1.807) is 7.11 Å². The molecule has 0 atom stereocenters. The van der Waals surface area contributed by atoms with Gasteiger partial charge in [-0.1, -0.05) is 52.8 Å². The van der Waals surface area contributed by atoms with Crippen LogP contribution in [0.15, 0.2) is 24.3 Å². The van der Waals surface area contributed by atoms with Crippen molar-refractivity contribution < 1.29 is 4.74 Å². The first-order chi connectivity index (χ1) is 11.2. The molecule has 0 N–H and O–H groups in total. The lowest BCUT2D eigenvalue weighted by Crippen LogP contribution is -2.38. The van der Waals surface area contributed by atoms with Gasteiger partial charge in [0.05, 0.1) is 13.2 Å². The van der Waals surface area contributed by atoms with Crippen molar-refractivity contribution in [2.24, 2.45) is 5.41 Å². The van der Waals surface area contributed by atoms with Crippen LogP contribution in [0.2, 0.25) is 0 Å². The van der Waals surface area contributed by atoms with E-state index in [0.29, 0.717) is 6.42 Å². The molecule has 0 aromatic heterocycles. The Morgan fingerprint density at radius 1 is 1.13 bits per heavy atom. The maximum absolute atomic E-state index is 8.87. The molecule has 0 amide bonds. The lowest BCUT2D eigenvalue weighted by atomic mass is 9.78. The van der Waals surface area contributed by atoms with Gasteiger partial charge in [0, 0.05) is 18.5 Å². The molecule has 0 radical (unpaired) electrons. The fourth-order valence-electron chi connectivity index (χ4n) is 2.69. The Morgan fingerprint density at radius 2 is 1.70 bits per heavy atom. The number of hydrogen-bond donors (Lipinski definition) is 0. The van der Waals surface area contributed by atoms with Gasteiger partial charge in [-0.15, -0.1) is 0 Å². The molecule has 0 unspecified atom stereocenters. The zero-order chi connectivity index (χ0) is 17.7. The Hall–Kier alpha value is -1.53. The van der Waals surface area contributed by atoms with Crippen LogP contribution in [0.1, 0.15) is 59.4 Å². The molecule has 23 heavy (non-hydrogen) atoms.